The summed E-state index contributed by atoms with van der Waals surface area (Å²) in [7, 11) is 3.89. The van der Waals surface area contributed by atoms with Crippen molar-refractivity contribution < 1.29 is 4.79 Å². The zero-order valence-corrected chi connectivity index (χ0v) is 10.7. The van der Waals surface area contributed by atoms with Crippen molar-refractivity contribution in [2.45, 2.75) is 32.7 Å². The highest BCUT2D eigenvalue weighted by Gasteiger charge is 2.23. The molecule has 0 spiro atoms. The van der Waals surface area contributed by atoms with E-state index in [0.29, 0.717) is 0 Å². The average molecular weight is 233 g/mol. The van der Waals surface area contributed by atoms with Crippen molar-refractivity contribution in [1.29, 1.82) is 0 Å². The molecule has 0 aliphatic heterocycles. The number of hydrogen-bond acceptors (Lipinski definition) is 3. The summed E-state index contributed by atoms with van der Waals surface area (Å²) in [6.45, 7) is 2.85. The molecule has 1 aromatic rings. The van der Waals surface area contributed by atoms with Gasteiger partial charge in [0.25, 0.3) is 0 Å². The number of carbonyl (C=O) groups excluding carboxylic acids is 1. The first-order valence-electron chi connectivity index (χ1n) is 6.10. The van der Waals surface area contributed by atoms with Crippen molar-refractivity contribution in [3.05, 3.63) is 29.2 Å². The van der Waals surface area contributed by atoms with E-state index in [0.717, 1.165) is 42.6 Å². The molecule has 0 fully saturated rings. The number of allylic oxidation sites excluding steroid dienone is 1. The van der Waals surface area contributed by atoms with E-state index in [-0.39, 0.29) is 5.78 Å². The van der Waals surface area contributed by atoms with E-state index in [4.69, 9.17) is 0 Å². The molecule has 0 aromatic carbocycles. The Morgan fingerprint density at radius 1 is 1.47 bits per heavy atom. The highest BCUT2D eigenvalue weighted by atomic mass is 16.1. The molecule has 4 nitrogen and oxygen atoms in total. The van der Waals surface area contributed by atoms with E-state index in [1.54, 1.807) is 0 Å². The first-order valence-corrected chi connectivity index (χ1v) is 6.10. The third-order valence-electron chi connectivity index (χ3n) is 2.97. The molecule has 1 aliphatic rings. The molecule has 0 bridgehead atoms. The lowest BCUT2D eigenvalue weighted by atomic mass is 10.1. The van der Waals surface area contributed by atoms with Crippen molar-refractivity contribution in [2.75, 3.05) is 14.1 Å². The molecule has 0 saturated carbocycles. The summed E-state index contributed by atoms with van der Waals surface area (Å²) in [5.41, 5.74) is 2.64. The summed E-state index contributed by atoms with van der Waals surface area (Å²) >= 11 is 0. The molecule has 1 aromatic heterocycles. The summed E-state index contributed by atoms with van der Waals surface area (Å²) in [5, 5.41) is 4.45. The van der Waals surface area contributed by atoms with Crippen molar-refractivity contribution in [1.82, 2.24) is 14.7 Å². The van der Waals surface area contributed by atoms with Gasteiger partial charge in [0.2, 0.25) is 0 Å². The van der Waals surface area contributed by atoms with Crippen LogP contribution in [-0.2, 0) is 13.0 Å². The van der Waals surface area contributed by atoms with Gasteiger partial charge in [0, 0.05) is 38.6 Å². The van der Waals surface area contributed by atoms with E-state index in [1.165, 1.54) is 0 Å². The maximum atomic E-state index is 12.4. The van der Waals surface area contributed by atoms with Crippen molar-refractivity contribution in [3.8, 4) is 0 Å². The smallest absolute Gasteiger partial charge is 0.193 e. The van der Waals surface area contributed by atoms with E-state index in [2.05, 4.69) is 5.10 Å². The lowest BCUT2D eigenvalue weighted by Crippen LogP contribution is -2.09. The third kappa shape index (κ3) is 2.40. The van der Waals surface area contributed by atoms with Gasteiger partial charge in [-0.05, 0) is 26.2 Å². The Hall–Kier alpha value is -1.58. The molecular weight excluding hydrogens is 214 g/mol. The molecule has 0 atom stereocenters. The summed E-state index contributed by atoms with van der Waals surface area (Å²) < 4.78 is 1.85. The van der Waals surface area contributed by atoms with E-state index in [9.17, 15) is 4.79 Å². The Balaban J connectivity index is 2.38. The minimum Gasteiger partial charge on any atom is -0.383 e. The maximum absolute atomic E-state index is 12.4. The lowest BCUT2D eigenvalue weighted by molar-refractivity contribution is 0.103. The number of nitrogens with zero attached hydrogens (tertiary/aromatic N) is 3. The Bertz CT molecular complexity index is 457. The van der Waals surface area contributed by atoms with Gasteiger partial charge < -0.3 is 4.90 Å². The van der Waals surface area contributed by atoms with Crippen LogP contribution in [0.25, 0.3) is 0 Å². The van der Waals surface area contributed by atoms with Gasteiger partial charge in [-0.2, -0.15) is 5.10 Å². The van der Waals surface area contributed by atoms with Crippen LogP contribution in [0.5, 0.6) is 0 Å². The number of aryl methyl sites for hydroxylation is 2. The second-order valence-electron chi connectivity index (χ2n) is 4.65. The lowest BCUT2D eigenvalue weighted by Gasteiger charge is -2.08. The van der Waals surface area contributed by atoms with Crippen molar-refractivity contribution in [2.24, 2.45) is 0 Å². The molecule has 1 aliphatic carbocycles. The van der Waals surface area contributed by atoms with Crippen LogP contribution in [0.15, 0.2) is 18.0 Å². The zero-order chi connectivity index (χ0) is 12.4. The predicted octanol–water partition coefficient (Wildman–Crippen LogP) is 1.87. The number of aromatic nitrogens is 2. The minimum atomic E-state index is 0.144. The number of Topliss-reactive ketones (excluding diaryl/α,β-unsaturated/α-hetero) is 1. The second-order valence-corrected chi connectivity index (χ2v) is 4.65. The summed E-state index contributed by atoms with van der Waals surface area (Å²) in [4.78, 5) is 14.3. The number of rotatable bonds is 2. The molecule has 17 heavy (non-hydrogen) atoms. The number of carbonyl (C=O) groups is 1. The van der Waals surface area contributed by atoms with Crippen LogP contribution >= 0.6 is 0 Å². The third-order valence-corrected chi connectivity index (χ3v) is 2.97. The van der Waals surface area contributed by atoms with Crippen molar-refractivity contribution >= 4 is 5.78 Å². The fourth-order valence-corrected chi connectivity index (χ4v) is 2.17. The van der Waals surface area contributed by atoms with E-state index in [1.807, 2.05) is 43.0 Å². The second kappa shape index (κ2) is 4.73. The number of fused-ring (bicyclic) bond motifs is 1. The molecule has 0 N–H and O–H groups in total. The average Bonchev–Trinajstić information content (AvgIpc) is 2.64. The molecule has 0 amide bonds. The first kappa shape index (κ1) is 11.9. The molecule has 0 radical (unpaired) electrons. The van der Waals surface area contributed by atoms with E-state index < -0.39 is 0 Å². The Morgan fingerprint density at radius 2 is 2.24 bits per heavy atom. The standard InChI is InChI=1S/C13H19N3O/c1-4-16-9-11-12(14-16)7-5-6-10(13(11)17)8-15(2)3/h8-9H,4-7H2,1-3H3. The van der Waals surface area contributed by atoms with Crippen LogP contribution in [0, 0.1) is 0 Å². The Labute approximate surface area is 102 Å². The summed E-state index contributed by atoms with van der Waals surface area (Å²) in [6, 6.07) is 0. The number of hydrogen-bond donors (Lipinski definition) is 0. The number of ketones is 1. The highest BCUT2D eigenvalue weighted by molar-refractivity contribution is 6.09. The maximum Gasteiger partial charge on any atom is 0.193 e. The van der Waals surface area contributed by atoms with Gasteiger partial charge in [-0.3, -0.25) is 9.48 Å². The topological polar surface area (TPSA) is 38.1 Å². The Kier molecular flexibility index (Phi) is 3.31. The minimum absolute atomic E-state index is 0.144. The quantitative estimate of drug-likeness (QED) is 0.578. The molecule has 4 heteroatoms. The first-order chi connectivity index (χ1) is 8.11. The van der Waals surface area contributed by atoms with Gasteiger partial charge in [0.15, 0.2) is 5.78 Å². The van der Waals surface area contributed by atoms with Crippen LogP contribution in [-0.4, -0.2) is 34.6 Å². The SMILES string of the molecule is CCn1cc2c(n1)CCCC(=CN(C)C)C2=O. The monoisotopic (exact) mass is 233 g/mol. The Morgan fingerprint density at radius 3 is 2.88 bits per heavy atom. The van der Waals surface area contributed by atoms with E-state index >= 15 is 0 Å². The van der Waals surface area contributed by atoms with Crippen LogP contribution in [0.2, 0.25) is 0 Å². The fraction of sp³-hybridized carbons (Fsp3) is 0.538. The van der Waals surface area contributed by atoms with Gasteiger partial charge >= 0.3 is 0 Å². The van der Waals surface area contributed by atoms with Gasteiger partial charge in [0.05, 0.1) is 11.3 Å². The highest BCUT2D eigenvalue weighted by Crippen LogP contribution is 2.23. The van der Waals surface area contributed by atoms with Gasteiger partial charge in [-0.1, -0.05) is 0 Å². The fourth-order valence-electron chi connectivity index (χ4n) is 2.17. The molecule has 0 saturated heterocycles. The van der Waals surface area contributed by atoms with Crippen LogP contribution < -0.4 is 0 Å². The van der Waals surface area contributed by atoms with Gasteiger partial charge in [-0.15, -0.1) is 0 Å². The molecule has 1 heterocycles. The molecule has 0 unspecified atom stereocenters. The molecular formula is C13H19N3O. The van der Waals surface area contributed by atoms with Gasteiger partial charge in [0.1, 0.15) is 0 Å². The summed E-state index contributed by atoms with van der Waals surface area (Å²) in [5.74, 6) is 0.144. The normalized spacial score (nSPS) is 18.1. The summed E-state index contributed by atoms with van der Waals surface area (Å²) in [6.07, 6.45) is 6.56. The molecule has 2 rings (SSSR count). The largest absolute Gasteiger partial charge is 0.383 e. The van der Waals surface area contributed by atoms with Crippen LogP contribution in [0.3, 0.4) is 0 Å². The van der Waals surface area contributed by atoms with Crippen LogP contribution in [0.4, 0.5) is 0 Å². The van der Waals surface area contributed by atoms with Gasteiger partial charge in [-0.25, -0.2) is 0 Å². The van der Waals surface area contributed by atoms with Crippen molar-refractivity contribution in [3.63, 3.8) is 0 Å². The zero-order valence-electron chi connectivity index (χ0n) is 10.7. The van der Waals surface area contributed by atoms with Crippen LogP contribution in [0.1, 0.15) is 35.8 Å². The molecule has 92 valence electrons. The predicted molar refractivity (Wildman–Crippen MR) is 66.9 cm³/mol.